The molecule has 0 aliphatic carbocycles. The maximum Gasteiger partial charge on any atom is 0.343 e. The Morgan fingerprint density at radius 1 is 1.10 bits per heavy atom. The van der Waals surface area contributed by atoms with Crippen molar-refractivity contribution < 1.29 is 28.5 Å². The second kappa shape index (κ2) is 12.6. The molecule has 0 N–H and O–H groups in total. The maximum atomic E-state index is 13.9. The van der Waals surface area contributed by atoms with Crippen molar-refractivity contribution in [1.29, 1.82) is 0 Å². The lowest BCUT2D eigenvalue weighted by atomic mass is 9.95. The Kier molecular flexibility index (Phi) is 9.26. The van der Waals surface area contributed by atoms with Crippen LogP contribution < -0.4 is 24.4 Å². The molecule has 11 heteroatoms. The lowest BCUT2D eigenvalue weighted by Crippen LogP contribution is -2.39. The SMILES string of the molecule is CCOC(=O)C1=C(C)N=c2s/c(=C/c3cc(Br)c(OCC(=O)OC)c(OCC)c3)c(=O)n2[C@@H]1c1ccc(C)cc1. The molecule has 0 amide bonds. The van der Waals surface area contributed by atoms with E-state index in [-0.39, 0.29) is 18.8 Å². The van der Waals surface area contributed by atoms with Gasteiger partial charge in [-0.15, -0.1) is 0 Å². The van der Waals surface area contributed by atoms with Crippen LogP contribution in [0.1, 0.15) is 43.5 Å². The number of rotatable bonds is 9. The lowest BCUT2D eigenvalue weighted by Gasteiger charge is -2.24. The number of methoxy groups -OCH3 is 1. The zero-order valence-corrected chi connectivity index (χ0v) is 25.2. The second-order valence-corrected chi connectivity index (χ2v) is 10.7. The largest absolute Gasteiger partial charge is 0.490 e. The fourth-order valence-electron chi connectivity index (χ4n) is 4.27. The molecule has 1 aromatic heterocycles. The van der Waals surface area contributed by atoms with Gasteiger partial charge in [0.2, 0.25) is 0 Å². The van der Waals surface area contributed by atoms with E-state index in [4.69, 9.17) is 14.2 Å². The Hall–Kier alpha value is -3.70. The van der Waals surface area contributed by atoms with Crippen LogP contribution in [0.3, 0.4) is 0 Å². The molecule has 4 rings (SSSR count). The Morgan fingerprint density at radius 3 is 2.48 bits per heavy atom. The Labute approximate surface area is 243 Å². The van der Waals surface area contributed by atoms with E-state index >= 15 is 0 Å². The molecule has 0 spiro atoms. The number of nitrogens with zero attached hydrogens (tertiary/aromatic N) is 2. The van der Waals surface area contributed by atoms with E-state index in [1.54, 1.807) is 36.6 Å². The molecule has 9 nitrogen and oxygen atoms in total. The van der Waals surface area contributed by atoms with Crippen LogP contribution in [-0.4, -0.2) is 43.4 Å². The summed E-state index contributed by atoms with van der Waals surface area (Å²) in [6.07, 6.45) is 1.73. The first kappa shape index (κ1) is 29.3. The number of ether oxygens (including phenoxy) is 4. The summed E-state index contributed by atoms with van der Waals surface area (Å²) >= 11 is 4.72. The molecule has 40 heavy (non-hydrogen) atoms. The highest BCUT2D eigenvalue weighted by atomic mass is 79.9. The zero-order chi connectivity index (χ0) is 29.0. The first-order chi connectivity index (χ1) is 19.2. The van der Waals surface area contributed by atoms with Gasteiger partial charge in [0.05, 0.1) is 46.6 Å². The summed E-state index contributed by atoms with van der Waals surface area (Å²) in [6.45, 7) is 7.58. The minimum atomic E-state index is -0.683. The van der Waals surface area contributed by atoms with E-state index in [1.807, 2.05) is 38.1 Å². The van der Waals surface area contributed by atoms with Gasteiger partial charge in [-0.25, -0.2) is 14.6 Å². The standard InChI is InChI=1S/C29H29BrN2O7S/c1-6-37-21-13-18(12-20(30)26(21)39-15-23(33)36-5)14-22-27(34)32-25(19-10-8-16(3)9-11-19)24(28(35)38-7-2)17(4)31-29(32)40-22/h8-14,25H,6-7,15H2,1-5H3/b22-14+/t25-/m1/s1. The molecule has 0 saturated carbocycles. The predicted molar refractivity (Wildman–Crippen MR) is 154 cm³/mol. The first-order valence-corrected chi connectivity index (χ1v) is 14.2. The van der Waals surface area contributed by atoms with Gasteiger partial charge in [0.1, 0.15) is 0 Å². The van der Waals surface area contributed by atoms with E-state index < -0.39 is 18.0 Å². The number of allylic oxidation sites excluding steroid dienone is 1. The smallest absolute Gasteiger partial charge is 0.343 e. The highest BCUT2D eigenvalue weighted by molar-refractivity contribution is 9.10. The number of carbonyl (C=O) groups is 2. The molecule has 1 atom stereocenters. The Balaban J connectivity index is 1.86. The van der Waals surface area contributed by atoms with Crippen LogP contribution in [0, 0.1) is 6.92 Å². The summed E-state index contributed by atoms with van der Waals surface area (Å²) in [7, 11) is 1.28. The topological polar surface area (TPSA) is 105 Å². The highest BCUT2D eigenvalue weighted by Gasteiger charge is 2.33. The molecule has 1 aliphatic rings. The van der Waals surface area contributed by atoms with Crippen molar-refractivity contribution in [3.63, 3.8) is 0 Å². The van der Waals surface area contributed by atoms with Gasteiger partial charge in [0.25, 0.3) is 5.56 Å². The van der Waals surface area contributed by atoms with Gasteiger partial charge >= 0.3 is 11.9 Å². The number of aryl methyl sites for hydroxylation is 1. The van der Waals surface area contributed by atoms with Gasteiger partial charge in [0, 0.05) is 0 Å². The Morgan fingerprint density at radius 2 is 1.82 bits per heavy atom. The molecule has 2 aromatic carbocycles. The van der Waals surface area contributed by atoms with Crippen LogP contribution in [-0.2, 0) is 19.1 Å². The summed E-state index contributed by atoms with van der Waals surface area (Å²) in [5.74, 6) is -0.283. The monoisotopic (exact) mass is 628 g/mol. The van der Waals surface area contributed by atoms with Crippen molar-refractivity contribution in [2.45, 2.75) is 33.7 Å². The molecular weight excluding hydrogens is 600 g/mol. The van der Waals surface area contributed by atoms with Crippen molar-refractivity contribution in [2.24, 2.45) is 4.99 Å². The Bertz CT molecular complexity index is 1650. The van der Waals surface area contributed by atoms with Crippen molar-refractivity contribution in [1.82, 2.24) is 4.57 Å². The molecule has 0 saturated heterocycles. The van der Waals surface area contributed by atoms with Crippen LogP contribution in [0.5, 0.6) is 11.5 Å². The lowest BCUT2D eigenvalue weighted by molar-refractivity contribution is -0.143. The van der Waals surface area contributed by atoms with Gasteiger partial charge in [-0.2, -0.15) is 0 Å². The summed E-state index contributed by atoms with van der Waals surface area (Å²) in [4.78, 5) is 43.6. The molecule has 0 bridgehead atoms. The fourth-order valence-corrected chi connectivity index (χ4v) is 5.89. The van der Waals surface area contributed by atoms with Crippen molar-refractivity contribution in [3.05, 3.63) is 88.5 Å². The maximum absolute atomic E-state index is 13.9. The van der Waals surface area contributed by atoms with Crippen molar-refractivity contribution in [3.8, 4) is 11.5 Å². The van der Waals surface area contributed by atoms with Gasteiger partial charge < -0.3 is 18.9 Å². The van der Waals surface area contributed by atoms with Crippen LogP contribution in [0.25, 0.3) is 6.08 Å². The molecule has 1 aliphatic heterocycles. The number of hydrogen-bond acceptors (Lipinski definition) is 9. The molecule has 210 valence electrons. The number of fused-ring (bicyclic) bond motifs is 1. The minimum absolute atomic E-state index is 0.205. The van der Waals surface area contributed by atoms with Gasteiger partial charge in [-0.1, -0.05) is 41.2 Å². The van der Waals surface area contributed by atoms with Crippen LogP contribution in [0.15, 0.2) is 61.9 Å². The summed E-state index contributed by atoms with van der Waals surface area (Å²) < 4.78 is 23.9. The molecule has 3 aromatic rings. The van der Waals surface area contributed by atoms with E-state index in [0.717, 1.165) is 11.1 Å². The zero-order valence-electron chi connectivity index (χ0n) is 22.8. The van der Waals surface area contributed by atoms with Gasteiger partial charge in [0.15, 0.2) is 22.9 Å². The first-order valence-electron chi connectivity index (χ1n) is 12.6. The van der Waals surface area contributed by atoms with E-state index in [9.17, 15) is 14.4 Å². The third-order valence-corrected chi connectivity index (χ3v) is 7.67. The van der Waals surface area contributed by atoms with Crippen molar-refractivity contribution in [2.75, 3.05) is 26.9 Å². The molecule has 2 heterocycles. The summed E-state index contributed by atoms with van der Waals surface area (Å²) in [5.41, 5.74) is 3.06. The number of esters is 2. The predicted octanol–water partition coefficient (Wildman–Crippen LogP) is 3.82. The quantitative estimate of drug-likeness (QED) is 0.332. The minimum Gasteiger partial charge on any atom is -0.490 e. The number of aromatic nitrogens is 1. The van der Waals surface area contributed by atoms with Crippen LogP contribution in [0.4, 0.5) is 0 Å². The molecule has 0 radical (unpaired) electrons. The number of carbonyl (C=O) groups excluding carboxylic acids is 2. The molecule has 0 fully saturated rings. The number of benzene rings is 2. The normalized spacial score (nSPS) is 14.8. The average molecular weight is 630 g/mol. The third-order valence-electron chi connectivity index (χ3n) is 6.10. The van der Waals surface area contributed by atoms with E-state index in [2.05, 4.69) is 25.7 Å². The number of halogens is 1. The van der Waals surface area contributed by atoms with Crippen LogP contribution in [0.2, 0.25) is 0 Å². The fraction of sp³-hybridized carbons (Fsp3) is 0.310. The number of hydrogen-bond donors (Lipinski definition) is 0. The van der Waals surface area contributed by atoms with Crippen LogP contribution >= 0.6 is 27.3 Å². The molecule has 0 unspecified atom stereocenters. The summed E-state index contributed by atoms with van der Waals surface area (Å²) in [5, 5.41) is 0. The second-order valence-electron chi connectivity index (χ2n) is 8.84. The van der Waals surface area contributed by atoms with E-state index in [0.29, 0.717) is 48.7 Å². The third kappa shape index (κ3) is 6.05. The average Bonchev–Trinajstić information content (AvgIpc) is 3.22. The summed E-state index contributed by atoms with van der Waals surface area (Å²) in [6, 6.07) is 10.5. The van der Waals surface area contributed by atoms with Gasteiger partial charge in [-0.3, -0.25) is 9.36 Å². The van der Waals surface area contributed by atoms with Gasteiger partial charge in [-0.05, 0) is 73.0 Å². The highest BCUT2D eigenvalue weighted by Crippen LogP contribution is 2.37. The van der Waals surface area contributed by atoms with Crippen molar-refractivity contribution >= 4 is 45.3 Å². The van der Waals surface area contributed by atoms with E-state index in [1.165, 1.54) is 18.4 Å². The molecular formula is C29H29BrN2O7S. The number of thiazole rings is 1.